The van der Waals surface area contributed by atoms with Crippen molar-refractivity contribution in [2.24, 2.45) is 4.99 Å². The zero-order valence-electron chi connectivity index (χ0n) is 12.2. The summed E-state index contributed by atoms with van der Waals surface area (Å²) in [6, 6.07) is 11.1. The lowest BCUT2D eigenvalue weighted by atomic mass is 10.3. The average molecular weight is 297 g/mol. The fourth-order valence-electron chi connectivity index (χ4n) is 1.89. The van der Waals surface area contributed by atoms with Gasteiger partial charge in [0.05, 0.1) is 18.2 Å². The second-order valence-corrected chi connectivity index (χ2v) is 4.86. The molecule has 6 nitrogen and oxygen atoms in total. The number of furan rings is 1. The summed E-state index contributed by atoms with van der Waals surface area (Å²) in [6.07, 6.45) is 2.96. The van der Waals surface area contributed by atoms with E-state index < -0.39 is 0 Å². The third kappa shape index (κ3) is 2.85. The van der Waals surface area contributed by atoms with Crippen LogP contribution in [0.1, 0.15) is 5.69 Å². The number of anilines is 1. The Morgan fingerprint density at radius 3 is 2.59 bits per heavy atom. The zero-order chi connectivity index (χ0) is 15.5. The van der Waals surface area contributed by atoms with Crippen molar-refractivity contribution in [3.8, 4) is 17.6 Å². The summed E-state index contributed by atoms with van der Waals surface area (Å²) in [5, 5.41) is 9.76. The van der Waals surface area contributed by atoms with E-state index in [1.54, 1.807) is 12.1 Å². The van der Waals surface area contributed by atoms with Gasteiger partial charge in [0.1, 0.15) is 0 Å². The molecule has 0 aliphatic heterocycles. The third-order valence-electron chi connectivity index (χ3n) is 3.07. The molecule has 22 heavy (non-hydrogen) atoms. The highest BCUT2D eigenvalue weighted by atomic mass is 16.5. The molecule has 1 aromatic carbocycles. The van der Waals surface area contributed by atoms with Crippen molar-refractivity contribution in [2.75, 3.05) is 19.0 Å². The van der Waals surface area contributed by atoms with Gasteiger partial charge < -0.3 is 18.8 Å². The van der Waals surface area contributed by atoms with E-state index >= 15 is 0 Å². The second-order valence-electron chi connectivity index (χ2n) is 4.86. The standard InChI is InChI=1S/C16H15N3O3/c1-19(2)12-7-5-11(6-8-12)17-10-13-16(20)22-15(18-13)14-4-3-9-21-14/h3-10,20H,1-2H3. The SMILES string of the molecule is CN(C)c1ccc(N=Cc2nc(-c3ccco3)oc2O)cc1. The Morgan fingerprint density at radius 1 is 1.18 bits per heavy atom. The van der Waals surface area contributed by atoms with Crippen LogP contribution in [0.15, 0.2) is 56.5 Å². The second kappa shape index (κ2) is 5.77. The first-order valence-electron chi connectivity index (χ1n) is 6.68. The Balaban J connectivity index is 1.80. The van der Waals surface area contributed by atoms with Crippen LogP contribution >= 0.6 is 0 Å². The number of rotatable bonds is 4. The van der Waals surface area contributed by atoms with Gasteiger partial charge in [-0.1, -0.05) is 0 Å². The quantitative estimate of drug-likeness (QED) is 0.746. The van der Waals surface area contributed by atoms with Crippen LogP contribution in [0, 0.1) is 0 Å². The minimum Gasteiger partial charge on any atom is -0.479 e. The highest BCUT2D eigenvalue weighted by Gasteiger charge is 2.14. The zero-order valence-corrected chi connectivity index (χ0v) is 12.2. The summed E-state index contributed by atoms with van der Waals surface area (Å²) in [5.74, 6) is 0.372. The van der Waals surface area contributed by atoms with Gasteiger partial charge >= 0.3 is 5.95 Å². The molecule has 6 heteroatoms. The first kappa shape index (κ1) is 13.9. The van der Waals surface area contributed by atoms with Crippen LogP contribution in [0.3, 0.4) is 0 Å². The Morgan fingerprint density at radius 2 is 1.95 bits per heavy atom. The van der Waals surface area contributed by atoms with E-state index in [1.165, 1.54) is 12.5 Å². The third-order valence-corrected chi connectivity index (χ3v) is 3.07. The van der Waals surface area contributed by atoms with Crippen LogP contribution in [-0.2, 0) is 0 Å². The highest BCUT2D eigenvalue weighted by molar-refractivity contribution is 5.82. The molecule has 0 saturated carbocycles. The molecule has 3 aromatic rings. The molecule has 0 saturated heterocycles. The number of aromatic hydroxyl groups is 1. The van der Waals surface area contributed by atoms with Crippen LogP contribution in [0.2, 0.25) is 0 Å². The number of hydrogen-bond donors (Lipinski definition) is 1. The summed E-state index contributed by atoms with van der Waals surface area (Å²) in [6.45, 7) is 0. The summed E-state index contributed by atoms with van der Waals surface area (Å²) in [7, 11) is 3.95. The van der Waals surface area contributed by atoms with E-state index in [0.29, 0.717) is 5.76 Å². The molecular weight excluding hydrogens is 282 g/mol. The van der Waals surface area contributed by atoms with Crippen LogP contribution in [0.5, 0.6) is 5.95 Å². The Hall–Kier alpha value is -3.02. The number of hydrogen-bond acceptors (Lipinski definition) is 6. The topological polar surface area (TPSA) is 75.0 Å². The molecule has 0 atom stereocenters. The number of nitrogens with zero attached hydrogens (tertiary/aromatic N) is 3. The van der Waals surface area contributed by atoms with Crippen LogP contribution in [0.4, 0.5) is 11.4 Å². The maximum absolute atomic E-state index is 9.76. The van der Waals surface area contributed by atoms with E-state index in [9.17, 15) is 5.11 Å². The van der Waals surface area contributed by atoms with E-state index in [-0.39, 0.29) is 17.5 Å². The van der Waals surface area contributed by atoms with Gasteiger partial charge in [0.25, 0.3) is 5.89 Å². The van der Waals surface area contributed by atoms with Gasteiger partial charge in [-0.2, -0.15) is 0 Å². The van der Waals surface area contributed by atoms with Gasteiger partial charge in [0, 0.05) is 19.8 Å². The number of aliphatic imine (C=N–C) groups is 1. The molecule has 3 rings (SSSR count). The van der Waals surface area contributed by atoms with Gasteiger partial charge in [-0.05, 0) is 36.4 Å². The summed E-state index contributed by atoms with van der Waals surface area (Å²) in [5.41, 5.74) is 2.10. The van der Waals surface area contributed by atoms with Gasteiger partial charge in [0.2, 0.25) is 0 Å². The van der Waals surface area contributed by atoms with E-state index in [0.717, 1.165) is 11.4 Å². The van der Waals surface area contributed by atoms with Crippen molar-refractivity contribution in [3.05, 3.63) is 48.4 Å². The van der Waals surface area contributed by atoms with Gasteiger partial charge in [-0.15, -0.1) is 0 Å². The Bertz CT molecular complexity index is 772. The number of oxazole rings is 1. The lowest BCUT2D eigenvalue weighted by Crippen LogP contribution is -2.07. The predicted molar refractivity (Wildman–Crippen MR) is 83.9 cm³/mol. The molecule has 0 radical (unpaired) electrons. The van der Waals surface area contributed by atoms with E-state index in [4.69, 9.17) is 8.83 Å². The molecule has 2 heterocycles. The number of benzene rings is 1. The van der Waals surface area contributed by atoms with Crippen molar-refractivity contribution in [1.82, 2.24) is 4.98 Å². The first-order valence-corrected chi connectivity index (χ1v) is 6.68. The van der Waals surface area contributed by atoms with Crippen molar-refractivity contribution in [3.63, 3.8) is 0 Å². The molecule has 0 spiro atoms. The average Bonchev–Trinajstić information content (AvgIpc) is 3.15. The minimum absolute atomic E-state index is 0.215. The molecule has 1 N–H and O–H groups in total. The molecule has 0 bridgehead atoms. The van der Waals surface area contributed by atoms with E-state index in [1.807, 2.05) is 43.3 Å². The lowest BCUT2D eigenvalue weighted by Gasteiger charge is -2.11. The van der Waals surface area contributed by atoms with Gasteiger partial charge in [0.15, 0.2) is 11.5 Å². The fraction of sp³-hybridized carbons (Fsp3) is 0.125. The maximum atomic E-state index is 9.76. The molecule has 0 amide bonds. The Labute approximate surface area is 127 Å². The van der Waals surface area contributed by atoms with Crippen LogP contribution in [-0.4, -0.2) is 30.4 Å². The lowest BCUT2D eigenvalue weighted by molar-refractivity contribution is 0.333. The fourth-order valence-corrected chi connectivity index (χ4v) is 1.89. The first-order chi connectivity index (χ1) is 10.6. The highest BCUT2D eigenvalue weighted by Crippen LogP contribution is 2.26. The maximum Gasteiger partial charge on any atom is 0.312 e. The molecular formula is C16H15N3O3. The summed E-state index contributed by atoms with van der Waals surface area (Å²) >= 11 is 0. The molecule has 0 unspecified atom stereocenters. The summed E-state index contributed by atoms with van der Waals surface area (Å²) in [4.78, 5) is 10.4. The minimum atomic E-state index is -0.292. The number of aromatic nitrogens is 1. The molecule has 0 aliphatic carbocycles. The van der Waals surface area contributed by atoms with E-state index in [2.05, 4.69) is 9.98 Å². The van der Waals surface area contributed by atoms with Gasteiger partial charge in [-0.3, -0.25) is 4.99 Å². The molecule has 0 aliphatic rings. The van der Waals surface area contributed by atoms with Crippen LogP contribution in [0.25, 0.3) is 11.7 Å². The Kier molecular flexibility index (Phi) is 3.65. The predicted octanol–water partition coefficient (Wildman–Crippen LogP) is 3.46. The summed E-state index contributed by atoms with van der Waals surface area (Å²) < 4.78 is 10.3. The monoisotopic (exact) mass is 297 g/mol. The van der Waals surface area contributed by atoms with Crippen molar-refractivity contribution in [2.45, 2.75) is 0 Å². The van der Waals surface area contributed by atoms with Gasteiger partial charge in [-0.25, -0.2) is 4.98 Å². The molecule has 0 fully saturated rings. The van der Waals surface area contributed by atoms with Crippen LogP contribution < -0.4 is 4.90 Å². The van der Waals surface area contributed by atoms with Crippen molar-refractivity contribution in [1.29, 1.82) is 0 Å². The molecule has 2 aromatic heterocycles. The normalized spacial score (nSPS) is 11.2. The molecule has 112 valence electrons. The smallest absolute Gasteiger partial charge is 0.312 e. The van der Waals surface area contributed by atoms with Crippen molar-refractivity contribution >= 4 is 17.6 Å². The van der Waals surface area contributed by atoms with Crippen molar-refractivity contribution < 1.29 is 13.9 Å². The largest absolute Gasteiger partial charge is 0.479 e.